The van der Waals surface area contributed by atoms with Crippen molar-refractivity contribution in [3.63, 3.8) is 0 Å². The predicted octanol–water partition coefficient (Wildman–Crippen LogP) is 3.49. The number of nitrogens with one attached hydrogen (secondary N) is 1. The van der Waals surface area contributed by atoms with E-state index in [0.717, 1.165) is 62.1 Å². The van der Waals surface area contributed by atoms with Gasteiger partial charge in [-0.25, -0.2) is 4.98 Å². The van der Waals surface area contributed by atoms with Crippen LogP contribution >= 0.6 is 11.3 Å². The van der Waals surface area contributed by atoms with Crippen molar-refractivity contribution in [2.75, 3.05) is 25.1 Å². The molecule has 1 fully saturated rings. The zero-order valence-corrected chi connectivity index (χ0v) is 13.2. The van der Waals surface area contributed by atoms with Crippen molar-refractivity contribution in [1.29, 1.82) is 0 Å². The number of anilines is 1. The zero-order chi connectivity index (χ0) is 14.5. The minimum absolute atomic E-state index is 0.465. The summed E-state index contributed by atoms with van der Waals surface area (Å²) in [6.45, 7) is 4.56. The molecule has 0 saturated carbocycles. The quantitative estimate of drug-likeness (QED) is 0.908. The van der Waals surface area contributed by atoms with Crippen molar-refractivity contribution < 1.29 is 9.47 Å². The molecule has 1 saturated heterocycles. The van der Waals surface area contributed by atoms with Crippen molar-refractivity contribution in [1.82, 2.24) is 4.98 Å². The number of aromatic nitrogens is 1. The molecule has 1 aromatic heterocycles. The molecule has 0 amide bonds. The largest absolute Gasteiger partial charge is 0.493 e. The molecule has 0 atom stereocenters. The van der Waals surface area contributed by atoms with Crippen LogP contribution in [0.1, 0.15) is 30.5 Å². The fourth-order valence-electron chi connectivity index (χ4n) is 2.71. The summed E-state index contributed by atoms with van der Waals surface area (Å²) < 4.78 is 11.2. The van der Waals surface area contributed by atoms with E-state index in [1.54, 1.807) is 11.3 Å². The molecule has 5 heteroatoms. The summed E-state index contributed by atoms with van der Waals surface area (Å²) in [5.74, 6) is 0.978. The molecule has 1 aromatic rings. The van der Waals surface area contributed by atoms with Crippen molar-refractivity contribution >= 4 is 16.5 Å². The second-order valence-corrected chi connectivity index (χ2v) is 6.34. The fraction of sp³-hybridized carbons (Fsp3) is 0.562. The van der Waals surface area contributed by atoms with Crippen LogP contribution in [0.2, 0.25) is 0 Å². The van der Waals surface area contributed by atoms with Gasteiger partial charge in [-0.05, 0) is 50.1 Å². The molecule has 0 aliphatic carbocycles. The molecule has 4 nitrogen and oxygen atoms in total. The number of aryl methyl sites for hydroxylation is 1. The Morgan fingerprint density at radius 1 is 1.29 bits per heavy atom. The Morgan fingerprint density at radius 2 is 2.14 bits per heavy atom. The van der Waals surface area contributed by atoms with Crippen LogP contribution in [0, 0.1) is 6.92 Å². The van der Waals surface area contributed by atoms with Gasteiger partial charge in [-0.2, -0.15) is 0 Å². The zero-order valence-electron chi connectivity index (χ0n) is 12.4. The molecule has 2 aliphatic heterocycles. The van der Waals surface area contributed by atoms with E-state index in [0.29, 0.717) is 6.04 Å². The van der Waals surface area contributed by atoms with E-state index in [4.69, 9.17) is 14.5 Å². The van der Waals surface area contributed by atoms with E-state index in [1.165, 1.54) is 5.56 Å². The lowest BCUT2D eigenvalue weighted by Crippen LogP contribution is -2.27. The van der Waals surface area contributed by atoms with E-state index >= 15 is 0 Å². The smallest absolute Gasteiger partial charge is 0.182 e. The van der Waals surface area contributed by atoms with E-state index in [1.807, 2.05) is 6.07 Å². The third-order valence-electron chi connectivity index (χ3n) is 3.89. The highest BCUT2D eigenvalue weighted by Crippen LogP contribution is 2.26. The van der Waals surface area contributed by atoms with Crippen molar-refractivity contribution in [2.45, 2.75) is 38.6 Å². The SMILES string of the molecule is Cc1nc(NC2CCOCC2)scccc2c1CCCO2. The fourth-order valence-corrected chi connectivity index (χ4v) is 3.42. The van der Waals surface area contributed by atoms with Gasteiger partial charge in [-0.3, -0.25) is 0 Å². The van der Waals surface area contributed by atoms with Gasteiger partial charge in [0.15, 0.2) is 5.13 Å². The molecular formula is C16H22N2O2S. The summed E-state index contributed by atoms with van der Waals surface area (Å²) in [6, 6.07) is 4.57. The first-order valence-electron chi connectivity index (χ1n) is 7.62. The number of fused-ring (bicyclic) bond motifs is 1. The normalized spacial score (nSPS) is 18.3. The Labute approximate surface area is 129 Å². The standard InChI is InChI=1S/C16H22N2O2S/c1-12-14-4-2-8-20-15(14)5-3-11-21-16(17-12)18-13-6-9-19-10-7-13/h3,5,11,13H,2,4,6-10H2,1H3,(H,17,18). The van der Waals surface area contributed by atoms with E-state index in [2.05, 4.69) is 23.7 Å². The molecule has 21 heavy (non-hydrogen) atoms. The topological polar surface area (TPSA) is 43.4 Å². The van der Waals surface area contributed by atoms with Gasteiger partial charge in [0.25, 0.3) is 0 Å². The summed E-state index contributed by atoms with van der Waals surface area (Å²) in [7, 11) is 0. The van der Waals surface area contributed by atoms with Crippen LogP contribution in [0.25, 0.3) is 0 Å². The molecule has 0 radical (unpaired) electrons. The second-order valence-electron chi connectivity index (χ2n) is 5.44. The molecule has 0 bridgehead atoms. The molecular weight excluding hydrogens is 284 g/mol. The van der Waals surface area contributed by atoms with Crippen LogP contribution < -0.4 is 10.1 Å². The summed E-state index contributed by atoms with van der Waals surface area (Å²) in [5, 5.41) is 6.60. The Balaban J connectivity index is 1.90. The Morgan fingerprint density at radius 3 is 3.00 bits per heavy atom. The molecule has 0 aromatic carbocycles. The average molecular weight is 306 g/mol. The number of hydrogen-bond donors (Lipinski definition) is 1. The van der Waals surface area contributed by atoms with Gasteiger partial charge in [0.05, 0.1) is 6.61 Å². The third kappa shape index (κ3) is 3.86. The number of ether oxygens (including phenoxy) is 2. The minimum atomic E-state index is 0.465. The lowest BCUT2D eigenvalue weighted by atomic mass is 10.1. The van der Waals surface area contributed by atoms with E-state index in [9.17, 15) is 0 Å². The third-order valence-corrected chi connectivity index (χ3v) is 4.61. The minimum Gasteiger partial charge on any atom is -0.493 e. The van der Waals surface area contributed by atoms with Crippen molar-refractivity contribution in [3.05, 3.63) is 28.8 Å². The van der Waals surface area contributed by atoms with Crippen LogP contribution in [0.3, 0.4) is 0 Å². The maximum Gasteiger partial charge on any atom is 0.182 e. The molecule has 114 valence electrons. The van der Waals surface area contributed by atoms with Gasteiger partial charge in [0.2, 0.25) is 0 Å². The highest BCUT2D eigenvalue weighted by atomic mass is 32.1. The van der Waals surface area contributed by atoms with Gasteiger partial charge in [-0.1, -0.05) is 0 Å². The first-order valence-corrected chi connectivity index (χ1v) is 8.50. The summed E-state index contributed by atoms with van der Waals surface area (Å²) in [6.07, 6.45) is 4.21. The molecule has 0 spiro atoms. The summed E-state index contributed by atoms with van der Waals surface area (Å²) in [5.41, 5.74) is 2.30. The van der Waals surface area contributed by atoms with Crippen LogP contribution in [0.15, 0.2) is 17.5 Å². The number of nitrogens with zero attached hydrogens (tertiary/aromatic N) is 1. The molecule has 0 unspecified atom stereocenters. The lowest BCUT2D eigenvalue weighted by Gasteiger charge is -2.23. The monoisotopic (exact) mass is 306 g/mol. The Hall–Kier alpha value is -1.33. The molecule has 1 N–H and O–H groups in total. The Kier molecular flexibility index (Phi) is 4.93. The summed E-state index contributed by atoms with van der Waals surface area (Å²) in [4.78, 5) is 4.81. The maximum atomic E-state index is 5.77. The van der Waals surface area contributed by atoms with Crippen LogP contribution in [0.5, 0.6) is 5.75 Å². The highest BCUT2D eigenvalue weighted by molar-refractivity contribution is 7.13. The predicted molar refractivity (Wildman–Crippen MR) is 85.8 cm³/mol. The first kappa shape index (κ1) is 14.6. The van der Waals surface area contributed by atoms with Crippen LogP contribution in [-0.2, 0) is 11.2 Å². The number of hydrogen-bond acceptors (Lipinski definition) is 5. The van der Waals surface area contributed by atoms with Gasteiger partial charge < -0.3 is 14.8 Å². The van der Waals surface area contributed by atoms with Gasteiger partial charge in [0, 0.05) is 30.5 Å². The first-order chi connectivity index (χ1) is 10.3. The average Bonchev–Trinajstić information content (AvgIpc) is 2.59. The molecule has 3 rings (SSSR count). The second kappa shape index (κ2) is 7.09. The number of rotatable bonds is 2. The van der Waals surface area contributed by atoms with Crippen LogP contribution in [-0.4, -0.2) is 30.8 Å². The van der Waals surface area contributed by atoms with Gasteiger partial charge in [-0.15, -0.1) is 11.3 Å². The molecule has 3 heterocycles. The van der Waals surface area contributed by atoms with E-state index in [-0.39, 0.29) is 0 Å². The maximum absolute atomic E-state index is 5.77. The molecule has 2 aliphatic rings. The summed E-state index contributed by atoms with van der Waals surface area (Å²) >= 11 is 1.64. The highest BCUT2D eigenvalue weighted by Gasteiger charge is 2.15. The lowest BCUT2D eigenvalue weighted by molar-refractivity contribution is 0.0904. The van der Waals surface area contributed by atoms with Gasteiger partial charge >= 0.3 is 0 Å². The van der Waals surface area contributed by atoms with E-state index < -0.39 is 0 Å². The van der Waals surface area contributed by atoms with Crippen molar-refractivity contribution in [3.8, 4) is 5.75 Å². The van der Waals surface area contributed by atoms with Crippen LogP contribution in [0.4, 0.5) is 5.13 Å². The Bertz CT molecular complexity index is 537. The van der Waals surface area contributed by atoms with Crippen molar-refractivity contribution in [2.24, 2.45) is 0 Å². The van der Waals surface area contributed by atoms with Gasteiger partial charge in [0.1, 0.15) is 5.75 Å².